The number of halogens is 1. The lowest BCUT2D eigenvalue weighted by atomic mass is 10.0. The summed E-state index contributed by atoms with van der Waals surface area (Å²) >= 11 is 0. The van der Waals surface area contributed by atoms with Gasteiger partial charge in [-0.2, -0.15) is 0 Å². The van der Waals surface area contributed by atoms with Crippen LogP contribution in [0.2, 0.25) is 0 Å². The summed E-state index contributed by atoms with van der Waals surface area (Å²) < 4.78 is 5.77. The molecule has 1 aliphatic heterocycles. The Morgan fingerprint density at radius 1 is 1.16 bits per heavy atom. The number of carbonyl (C=O) groups is 1. The molecule has 1 amide bonds. The number of amides is 1. The maximum absolute atomic E-state index is 11.8. The van der Waals surface area contributed by atoms with E-state index in [1.807, 2.05) is 0 Å². The zero-order chi connectivity index (χ0) is 17.2. The first-order valence-corrected chi connectivity index (χ1v) is 9.52. The van der Waals surface area contributed by atoms with Crippen LogP contribution in [-0.2, 0) is 9.53 Å². The van der Waals surface area contributed by atoms with Crippen molar-refractivity contribution in [2.24, 2.45) is 4.99 Å². The molecule has 0 aromatic carbocycles. The zero-order valence-corrected chi connectivity index (χ0v) is 18.1. The van der Waals surface area contributed by atoms with E-state index in [9.17, 15) is 4.79 Å². The van der Waals surface area contributed by atoms with Crippen molar-refractivity contribution in [2.45, 2.75) is 69.9 Å². The molecule has 1 saturated heterocycles. The van der Waals surface area contributed by atoms with Crippen LogP contribution in [0, 0.1) is 0 Å². The Hall–Kier alpha value is -0.570. The number of rotatable bonds is 7. The maximum atomic E-state index is 11.8. The van der Waals surface area contributed by atoms with Crippen molar-refractivity contribution in [1.29, 1.82) is 0 Å². The van der Waals surface area contributed by atoms with Crippen LogP contribution in [0.15, 0.2) is 4.99 Å². The summed E-state index contributed by atoms with van der Waals surface area (Å²) in [5, 5.41) is 6.88. The van der Waals surface area contributed by atoms with Crippen molar-refractivity contribution in [2.75, 3.05) is 33.8 Å². The van der Waals surface area contributed by atoms with Crippen LogP contribution in [0.1, 0.15) is 57.8 Å². The highest BCUT2D eigenvalue weighted by Gasteiger charge is 2.17. The van der Waals surface area contributed by atoms with Crippen LogP contribution >= 0.6 is 24.0 Å². The summed E-state index contributed by atoms with van der Waals surface area (Å²) in [6.45, 7) is 1.98. The fourth-order valence-corrected chi connectivity index (χ4v) is 3.28. The summed E-state index contributed by atoms with van der Waals surface area (Å²) in [5.74, 6) is 0.805. The molecule has 6 nitrogen and oxygen atoms in total. The summed E-state index contributed by atoms with van der Waals surface area (Å²) in [7, 11) is 3.53. The number of ether oxygens (including phenoxy) is 1. The van der Waals surface area contributed by atoms with Crippen LogP contribution in [0.3, 0.4) is 0 Å². The van der Waals surface area contributed by atoms with Gasteiger partial charge in [0, 0.05) is 33.3 Å². The zero-order valence-electron chi connectivity index (χ0n) is 15.8. The van der Waals surface area contributed by atoms with Gasteiger partial charge < -0.3 is 20.3 Å². The molecular weight excluding hydrogens is 431 g/mol. The lowest BCUT2D eigenvalue weighted by molar-refractivity contribution is -0.127. The second-order valence-corrected chi connectivity index (χ2v) is 7.14. The van der Waals surface area contributed by atoms with E-state index < -0.39 is 0 Å². The number of nitrogens with zero attached hydrogens (tertiary/aromatic N) is 2. The number of hydrogen-bond donors (Lipinski definition) is 2. The van der Waals surface area contributed by atoms with E-state index in [2.05, 4.69) is 15.6 Å². The van der Waals surface area contributed by atoms with Crippen molar-refractivity contribution in [1.82, 2.24) is 15.5 Å². The fourth-order valence-electron chi connectivity index (χ4n) is 3.28. The van der Waals surface area contributed by atoms with Crippen molar-refractivity contribution in [3.8, 4) is 0 Å². The van der Waals surface area contributed by atoms with E-state index in [4.69, 9.17) is 4.74 Å². The van der Waals surface area contributed by atoms with Crippen LogP contribution in [0.25, 0.3) is 0 Å². The molecule has 1 atom stereocenters. The molecule has 7 heteroatoms. The Bertz CT molecular complexity index is 406. The van der Waals surface area contributed by atoms with Gasteiger partial charge in [0.25, 0.3) is 0 Å². The summed E-state index contributed by atoms with van der Waals surface area (Å²) in [4.78, 5) is 17.8. The molecule has 1 saturated carbocycles. The monoisotopic (exact) mass is 466 g/mol. The minimum Gasteiger partial charge on any atom is -0.378 e. The Balaban J connectivity index is 0.00000312. The topological polar surface area (TPSA) is 66.0 Å². The van der Waals surface area contributed by atoms with Gasteiger partial charge in [-0.15, -0.1) is 24.0 Å². The van der Waals surface area contributed by atoms with E-state index >= 15 is 0 Å². The second-order valence-electron chi connectivity index (χ2n) is 7.14. The number of aliphatic imine (C=N–C) groups is 1. The number of likely N-dealkylation sites (N-methyl/N-ethyl adjacent to an activating group) is 1. The van der Waals surface area contributed by atoms with Crippen molar-refractivity contribution in [3.63, 3.8) is 0 Å². The van der Waals surface area contributed by atoms with Gasteiger partial charge in [0.1, 0.15) is 6.54 Å². The molecular formula is C18H35IN4O2. The molecule has 0 aromatic rings. The Kier molecular flexibility index (Phi) is 11.4. The van der Waals surface area contributed by atoms with E-state index in [0.29, 0.717) is 12.1 Å². The minimum atomic E-state index is 0. The van der Waals surface area contributed by atoms with Crippen molar-refractivity contribution in [3.05, 3.63) is 0 Å². The lowest BCUT2D eigenvalue weighted by Gasteiger charge is -2.23. The van der Waals surface area contributed by atoms with E-state index in [0.717, 1.165) is 32.0 Å². The van der Waals surface area contributed by atoms with Gasteiger partial charge >= 0.3 is 0 Å². The third kappa shape index (κ3) is 9.08. The predicted octanol–water partition coefficient (Wildman–Crippen LogP) is 2.52. The van der Waals surface area contributed by atoms with Crippen molar-refractivity contribution >= 4 is 35.8 Å². The molecule has 1 unspecified atom stereocenters. The summed E-state index contributed by atoms with van der Waals surface area (Å²) in [5.41, 5.74) is 0. The third-order valence-electron chi connectivity index (χ3n) is 4.84. The minimum absolute atomic E-state index is 0. The van der Waals surface area contributed by atoms with Gasteiger partial charge in [0.15, 0.2) is 5.96 Å². The van der Waals surface area contributed by atoms with Crippen LogP contribution in [0.4, 0.5) is 0 Å². The molecule has 146 valence electrons. The molecule has 0 radical (unpaired) electrons. The molecule has 2 fully saturated rings. The second kappa shape index (κ2) is 12.7. The molecule has 2 N–H and O–H groups in total. The Morgan fingerprint density at radius 2 is 1.88 bits per heavy atom. The third-order valence-corrected chi connectivity index (χ3v) is 4.84. The lowest BCUT2D eigenvalue weighted by Crippen LogP contribution is -2.43. The van der Waals surface area contributed by atoms with E-state index in [-0.39, 0.29) is 36.4 Å². The van der Waals surface area contributed by atoms with Gasteiger partial charge in [-0.25, -0.2) is 4.99 Å². The highest BCUT2D eigenvalue weighted by Crippen LogP contribution is 2.18. The summed E-state index contributed by atoms with van der Waals surface area (Å²) in [6.07, 6.45) is 11.2. The first-order valence-electron chi connectivity index (χ1n) is 9.52. The predicted molar refractivity (Wildman–Crippen MR) is 113 cm³/mol. The number of hydrogen-bond acceptors (Lipinski definition) is 3. The summed E-state index contributed by atoms with van der Waals surface area (Å²) in [6, 6.07) is 0.493. The Morgan fingerprint density at radius 3 is 2.52 bits per heavy atom. The highest BCUT2D eigenvalue weighted by molar-refractivity contribution is 14.0. The molecule has 1 aliphatic carbocycles. The molecule has 0 aromatic heterocycles. The fraction of sp³-hybridized carbons (Fsp3) is 0.889. The van der Waals surface area contributed by atoms with Gasteiger partial charge in [-0.1, -0.05) is 12.8 Å². The van der Waals surface area contributed by atoms with Gasteiger partial charge in [0.05, 0.1) is 6.10 Å². The molecule has 0 spiro atoms. The van der Waals surface area contributed by atoms with Gasteiger partial charge in [0.2, 0.25) is 5.91 Å². The maximum Gasteiger partial charge on any atom is 0.243 e. The average Bonchev–Trinajstić information content (AvgIpc) is 3.09. The largest absolute Gasteiger partial charge is 0.378 e. The standard InChI is InChI=1S/C18H34N4O2.HI/c1-22(2)17(23)14-20-18(21-15-8-3-4-9-15)19-12-7-11-16-10-5-6-13-24-16;/h15-16H,3-14H2,1-2H3,(H2,19,20,21);1H. The van der Waals surface area contributed by atoms with Crippen LogP contribution in [0.5, 0.6) is 0 Å². The van der Waals surface area contributed by atoms with E-state index in [1.165, 1.54) is 44.9 Å². The van der Waals surface area contributed by atoms with E-state index in [1.54, 1.807) is 19.0 Å². The first kappa shape index (κ1) is 22.5. The molecule has 2 rings (SSSR count). The first-order chi connectivity index (χ1) is 11.6. The molecule has 25 heavy (non-hydrogen) atoms. The van der Waals surface area contributed by atoms with Crippen molar-refractivity contribution < 1.29 is 9.53 Å². The smallest absolute Gasteiger partial charge is 0.243 e. The molecule has 2 aliphatic rings. The Labute approximate surface area is 169 Å². The number of carbonyl (C=O) groups excluding carboxylic acids is 1. The van der Waals surface area contributed by atoms with Gasteiger partial charge in [-0.3, -0.25) is 4.79 Å². The molecule has 1 heterocycles. The quantitative estimate of drug-likeness (QED) is 0.262. The number of nitrogens with one attached hydrogen (secondary N) is 2. The highest BCUT2D eigenvalue weighted by atomic mass is 127. The average molecular weight is 466 g/mol. The number of guanidine groups is 1. The normalized spacial score (nSPS) is 21.5. The van der Waals surface area contributed by atoms with Crippen LogP contribution < -0.4 is 10.6 Å². The molecule has 0 bridgehead atoms. The van der Waals surface area contributed by atoms with Gasteiger partial charge in [-0.05, 0) is 44.9 Å². The van der Waals surface area contributed by atoms with Crippen LogP contribution in [-0.4, -0.2) is 62.7 Å². The SMILES string of the molecule is CN(C)C(=O)CN=C(NCCCC1CCCCO1)NC1CCCC1.I.